The zero-order chi connectivity index (χ0) is 23.9. The molecule has 7 heteroatoms. The Morgan fingerprint density at radius 1 is 1.06 bits per heavy atom. The van der Waals surface area contributed by atoms with Crippen LogP contribution in [0.1, 0.15) is 50.2 Å². The highest BCUT2D eigenvalue weighted by Gasteiger charge is 2.44. The molecule has 1 amide bonds. The third kappa shape index (κ3) is 3.93. The number of hydrogen-bond donors (Lipinski definition) is 1. The Labute approximate surface area is 192 Å². The number of nitriles is 1. The Kier molecular flexibility index (Phi) is 5.62. The number of ether oxygens (including phenoxy) is 2. The minimum atomic E-state index is -0.478. The van der Waals surface area contributed by atoms with Gasteiger partial charge in [0.05, 0.1) is 25.9 Å². The van der Waals surface area contributed by atoms with Crippen molar-refractivity contribution in [2.24, 2.45) is 5.41 Å². The largest absolute Gasteiger partial charge is 0.502 e. The van der Waals surface area contributed by atoms with Crippen LogP contribution < -0.4 is 14.4 Å². The van der Waals surface area contributed by atoms with Crippen molar-refractivity contribution in [2.75, 3.05) is 19.1 Å². The van der Waals surface area contributed by atoms with Crippen molar-refractivity contribution in [3.05, 3.63) is 58.8 Å². The average Bonchev–Trinajstić information content (AvgIpc) is 2.78. The van der Waals surface area contributed by atoms with E-state index in [4.69, 9.17) is 14.7 Å². The minimum absolute atomic E-state index is 0.00315. The lowest BCUT2D eigenvalue weighted by molar-refractivity contribution is -0.121. The van der Waals surface area contributed by atoms with Crippen molar-refractivity contribution < 1.29 is 24.2 Å². The molecule has 1 unspecified atom stereocenters. The number of Topliss-reactive ketones (excluding diaryl/α,β-unsaturated/α-hetero) is 1. The molecular formula is C26H26N2O5. The average molecular weight is 447 g/mol. The van der Waals surface area contributed by atoms with Crippen LogP contribution in [-0.2, 0) is 9.59 Å². The summed E-state index contributed by atoms with van der Waals surface area (Å²) in [5.41, 5.74) is 2.80. The predicted octanol–water partition coefficient (Wildman–Crippen LogP) is 4.44. The molecule has 1 heterocycles. The summed E-state index contributed by atoms with van der Waals surface area (Å²) in [7, 11) is 2.88. The lowest BCUT2D eigenvalue weighted by Crippen LogP contribution is -2.43. The molecule has 0 saturated carbocycles. The molecule has 33 heavy (non-hydrogen) atoms. The van der Waals surface area contributed by atoms with Gasteiger partial charge in [-0.25, -0.2) is 0 Å². The third-order valence-electron chi connectivity index (χ3n) is 6.30. The first-order valence-electron chi connectivity index (χ1n) is 10.7. The predicted molar refractivity (Wildman–Crippen MR) is 122 cm³/mol. The van der Waals surface area contributed by atoms with Crippen molar-refractivity contribution in [1.29, 1.82) is 5.26 Å². The number of rotatable bonds is 4. The van der Waals surface area contributed by atoms with E-state index >= 15 is 0 Å². The van der Waals surface area contributed by atoms with Gasteiger partial charge in [0, 0.05) is 35.7 Å². The molecule has 0 bridgehead atoms. The number of aromatic hydroxyl groups is 1. The summed E-state index contributed by atoms with van der Waals surface area (Å²) in [6, 6.07) is 12.2. The van der Waals surface area contributed by atoms with E-state index in [0.29, 0.717) is 40.9 Å². The molecular weight excluding hydrogens is 420 g/mol. The van der Waals surface area contributed by atoms with Crippen LogP contribution in [0.5, 0.6) is 17.2 Å². The fourth-order valence-electron chi connectivity index (χ4n) is 4.80. The van der Waals surface area contributed by atoms with E-state index in [1.165, 1.54) is 14.2 Å². The van der Waals surface area contributed by atoms with Gasteiger partial charge in [0.25, 0.3) is 0 Å². The molecule has 0 saturated heterocycles. The van der Waals surface area contributed by atoms with Crippen molar-refractivity contribution in [2.45, 2.75) is 39.0 Å². The molecule has 1 aliphatic carbocycles. The normalized spacial score (nSPS) is 19.7. The van der Waals surface area contributed by atoms with Crippen LogP contribution in [-0.4, -0.2) is 31.0 Å². The lowest BCUT2D eigenvalue weighted by atomic mass is 9.69. The van der Waals surface area contributed by atoms with E-state index in [0.717, 1.165) is 0 Å². The number of methoxy groups -OCH3 is 2. The van der Waals surface area contributed by atoms with E-state index in [9.17, 15) is 14.7 Å². The first-order valence-corrected chi connectivity index (χ1v) is 10.7. The topological polar surface area (TPSA) is 99.9 Å². The van der Waals surface area contributed by atoms with Crippen molar-refractivity contribution >= 4 is 17.4 Å². The number of ketones is 1. The molecule has 0 aromatic heterocycles. The molecule has 4 rings (SSSR count). The number of benzene rings is 2. The molecule has 1 atom stereocenters. The number of carbonyl (C=O) groups excluding carboxylic acids is 2. The van der Waals surface area contributed by atoms with Gasteiger partial charge in [-0.05, 0) is 53.8 Å². The molecule has 2 aromatic carbocycles. The van der Waals surface area contributed by atoms with Gasteiger partial charge < -0.3 is 14.6 Å². The Hall–Kier alpha value is -3.79. The van der Waals surface area contributed by atoms with Crippen LogP contribution in [0.4, 0.5) is 5.69 Å². The van der Waals surface area contributed by atoms with E-state index in [1.807, 2.05) is 13.8 Å². The van der Waals surface area contributed by atoms with E-state index in [-0.39, 0.29) is 40.8 Å². The number of anilines is 1. The van der Waals surface area contributed by atoms with E-state index in [1.54, 1.807) is 41.3 Å². The van der Waals surface area contributed by atoms with Gasteiger partial charge in [-0.3, -0.25) is 14.5 Å². The molecule has 0 fully saturated rings. The smallest absolute Gasteiger partial charge is 0.232 e. The molecule has 2 aromatic rings. The minimum Gasteiger partial charge on any atom is -0.502 e. The number of phenols is 1. The van der Waals surface area contributed by atoms with Gasteiger partial charge in [-0.2, -0.15) is 5.26 Å². The van der Waals surface area contributed by atoms with Gasteiger partial charge in [-0.15, -0.1) is 0 Å². The fraction of sp³-hybridized carbons (Fsp3) is 0.346. The van der Waals surface area contributed by atoms with E-state index < -0.39 is 5.92 Å². The second-order valence-corrected chi connectivity index (χ2v) is 9.22. The van der Waals surface area contributed by atoms with Crippen LogP contribution in [0.3, 0.4) is 0 Å². The molecule has 1 N–H and O–H groups in total. The van der Waals surface area contributed by atoms with Crippen LogP contribution in [0.2, 0.25) is 0 Å². The monoisotopic (exact) mass is 446 g/mol. The van der Waals surface area contributed by atoms with Crippen LogP contribution in [0.25, 0.3) is 0 Å². The van der Waals surface area contributed by atoms with Crippen LogP contribution in [0, 0.1) is 16.7 Å². The summed E-state index contributed by atoms with van der Waals surface area (Å²) in [6.45, 7) is 4.04. The summed E-state index contributed by atoms with van der Waals surface area (Å²) in [4.78, 5) is 28.5. The van der Waals surface area contributed by atoms with Gasteiger partial charge in [0.15, 0.2) is 17.3 Å². The maximum Gasteiger partial charge on any atom is 0.232 e. The molecule has 170 valence electrons. The number of allylic oxidation sites excluding steroid dienone is 2. The van der Waals surface area contributed by atoms with Crippen LogP contribution >= 0.6 is 0 Å². The van der Waals surface area contributed by atoms with E-state index in [2.05, 4.69) is 6.07 Å². The highest BCUT2D eigenvalue weighted by atomic mass is 16.5. The molecule has 0 spiro atoms. The van der Waals surface area contributed by atoms with Gasteiger partial charge in [-0.1, -0.05) is 13.8 Å². The highest BCUT2D eigenvalue weighted by Crippen LogP contribution is 2.50. The summed E-state index contributed by atoms with van der Waals surface area (Å²) in [5.74, 6) is -0.304. The summed E-state index contributed by atoms with van der Waals surface area (Å²) >= 11 is 0. The summed E-state index contributed by atoms with van der Waals surface area (Å²) < 4.78 is 10.6. The van der Waals surface area contributed by atoms with Crippen LogP contribution in [0.15, 0.2) is 47.7 Å². The Morgan fingerprint density at radius 2 is 1.67 bits per heavy atom. The second kappa shape index (κ2) is 8.28. The summed E-state index contributed by atoms with van der Waals surface area (Å²) in [5, 5.41) is 19.4. The van der Waals surface area contributed by atoms with Gasteiger partial charge in [0.2, 0.25) is 11.7 Å². The number of nitrogens with zero attached hydrogens (tertiary/aromatic N) is 2. The SMILES string of the molecule is COc1cc(C2CC(=O)N(c3ccc(C#N)cc3)C3=C2C(=O)CC(C)(C)C3)cc(OC)c1O. The zero-order valence-corrected chi connectivity index (χ0v) is 19.1. The van der Waals surface area contributed by atoms with Gasteiger partial charge in [0.1, 0.15) is 0 Å². The van der Waals surface area contributed by atoms with Crippen molar-refractivity contribution in [3.63, 3.8) is 0 Å². The molecule has 2 aliphatic rings. The van der Waals surface area contributed by atoms with Gasteiger partial charge >= 0.3 is 0 Å². The maximum absolute atomic E-state index is 13.5. The Balaban J connectivity index is 1.91. The maximum atomic E-state index is 13.5. The fourth-order valence-corrected chi connectivity index (χ4v) is 4.80. The zero-order valence-electron chi connectivity index (χ0n) is 19.1. The summed E-state index contributed by atoms with van der Waals surface area (Å²) in [6.07, 6.45) is 1.02. The third-order valence-corrected chi connectivity index (χ3v) is 6.30. The number of hydrogen-bond acceptors (Lipinski definition) is 6. The molecule has 1 aliphatic heterocycles. The lowest BCUT2D eigenvalue weighted by Gasteiger charge is -2.43. The Morgan fingerprint density at radius 3 is 2.21 bits per heavy atom. The van der Waals surface area contributed by atoms with Crippen molar-refractivity contribution in [1.82, 2.24) is 0 Å². The second-order valence-electron chi connectivity index (χ2n) is 9.22. The quantitative estimate of drug-likeness (QED) is 0.745. The number of phenolic OH excluding ortho intramolecular Hbond substituents is 1. The Bertz CT molecular complexity index is 1180. The first-order chi connectivity index (χ1) is 15.7. The molecule has 7 nitrogen and oxygen atoms in total. The highest BCUT2D eigenvalue weighted by molar-refractivity contribution is 6.07. The number of amides is 1. The first kappa shape index (κ1) is 22.4. The molecule has 0 radical (unpaired) electrons. The van der Waals surface area contributed by atoms with Crippen molar-refractivity contribution in [3.8, 4) is 23.3 Å². The standard InChI is InChI=1S/C26H26N2O5/c1-26(2)12-19-24(20(29)13-26)18(16-9-21(32-3)25(31)22(10-16)33-4)11-23(30)28(19)17-7-5-15(14-27)6-8-17/h5-10,18,31H,11-13H2,1-4H3. The number of carbonyl (C=O) groups is 2.